The number of rotatable bonds is 4. The van der Waals surface area contributed by atoms with Crippen LogP contribution in [0, 0.1) is 17.2 Å². The molecule has 0 spiro atoms. The summed E-state index contributed by atoms with van der Waals surface area (Å²) in [5.41, 5.74) is 1.11. The Morgan fingerprint density at radius 2 is 2.10 bits per heavy atom. The predicted molar refractivity (Wildman–Crippen MR) is 91.4 cm³/mol. The lowest BCUT2D eigenvalue weighted by atomic mass is 10.1. The summed E-state index contributed by atoms with van der Waals surface area (Å²) in [7, 11) is 0. The number of aliphatic carboxylic acids is 1. The molecule has 1 aromatic carbocycles. The van der Waals surface area contributed by atoms with Crippen LogP contribution in [0.3, 0.4) is 0 Å². The van der Waals surface area contributed by atoms with Crippen molar-refractivity contribution < 1.29 is 32.3 Å². The maximum atomic E-state index is 12.0. The van der Waals surface area contributed by atoms with E-state index < -0.39 is 12.1 Å². The van der Waals surface area contributed by atoms with E-state index in [1.165, 1.54) is 0 Å². The summed E-state index contributed by atoms with van der Waals surface area (Å²) < 4.78 is 37.1. The first-order chi connectivity index (χ1) is 13.7. The molecule has 1 aliphatic rings. The number of nitriles is 1. The average Bonchev–Trinajstić information content (AvgIpc) is 3.38. The van der Waals surface area contributed by atoms with Gasteiger partial charge in [-0.3, -0.25) is 4.79 Å². The quantitative estimate of drug-likeness (QED) is 0.689. The van der Waals surface area contributed by atoms with Crippen molar-refractivity contribution in [2.45, 2.75) is 12.6 Å². The molecular weight excluding hydrogens is 395 g/mol. The van der Waals surface area contributed by atoms with Crippen LogP contribution in [0.25, 0.3) is 11.5 Å². The maximum Gasteiger partial charge on any atom is 0.490 e. The van der Waals surface area contributed by atoms with Crippen LogP contribution in [0.15, 0.2) is 28.7 Å². The third-order valence-corrected chi connectivity index (χ3v) is 3.81. The van der Waals surface area contributed by atoms with E-state index in [0.29, 0.717) is 23.6 Å². The van der Waals surface area contributed by atoms with Crippen molar-refractivity contribution in [1.29, 1.82) is 5.26 Å². The van der Waals surface area contributed by atoms with Crippen molar-refractivity contribution >= 4 is 11.9 Å². The van der Waals surface area contributed by atoms with E-state index in [2.05, 4.69) is 20.8 Å². The van der Waals surface area contributed by atoms with Gasteiger partial charge < -0.3 is 20.2 Å². The summed E-state index contributed by atoms with van der Waals surface area (Å²) in [6.07, 6.45) is -4.03. The highest BCUT2D eigenvalue weighted by atomic mass is 19.4. The number of hydrogen-bond acceptors (Lipinski definition) is 7. The smallest absolute Gasteiger partial charge is 0.475 e. The standard InChI is InChI=1S/C15H15N5O2.C2HF3O2/c16-7-10-2-1-3-12(6-10)14-19-20-15(22-14)13(21)18-9-11-4-5-17-8-11;3-2(4,5)1(6)7/h1-3,6,11,17H,4-5,8-9H2,(H,18,21);(H,6,7)/t11-;/m1./s1. The van der Waals surface area contributed by atoms with E-state index in [9.17, 15) is 18.0 Å². The van der Waals surface area contributed by atoms with Gasteiger partial charge in [-0.25, -0.2) is 4.79 Å². The lowest BCUT2D eigenvalue weighted by Gasteiger charge is -2.07. The lowest BCUT2D eigenvalue weighted by Crippen LogP contribution is -2.30. The number of nitrogens with zero attached hydrogens (tertiary/aromatic N) is 3. The van der Waals surface area contributed by atoms with Crippen LogP contribution in [-0.2, 0) is 4.79 Å². The first-order valence-corrected chi connectivity index (χ1v) is 8.33. The first kappa shape index (κ1) is 21.8. The van der Waals surface area contributed by atoms with Gasteiger partial charge in [0.25, 0.3) is 0 Å². The Bertz CT molecular complexity index is 901. The molecule has 29 heavy (non-hydrogen) atoms. The number of amides is 1. The minimum absolute atomic E-state index is 0.0664. The number of carboxylic acid groups (broad SMARTS) is 1. The topological polar surface area (TPSA) is 141 Å². The highest BCUT2D eigenvalue weighted by Crippen LogP contribution is 2.19. The van der Waals surface area contributed by atoms with Crippen LogP contribution < -0.4 is 10.6 Å². The molecule has 1 amide bonds. The number of alkyl halides is 3. The summed E-state index contributed by atoms with van der Waals surface area (Å²) >= 11 is 0. The van der Waals surface area contributed by atoms with Gasteiger partial charge in [0, 0.05) is 12.1 Å². The minimum Gasteiger partial charge on any atom is -0.475 e. The van der Waals surface area contributed by atoms with Gasteiger partial charge in [-0.1, -0.05) is 6.07 Å². The molecule has 1 aliphatic heterocycles. The summed E-state index contributed by atoms with van der Waals surface area (Å²) in [6, 6.07) is 8.84. The molecule has 1 atom stereocenters. The van der Waals surface area contributed by atoms with Gasteiger partial charge in [0.1, 0.15) is 0 Å². The number of carbonyl (C=O) groups excluding carboxylic acids is 1. The van der Waals surface area contributed by atoms with Gasteiger partial charge in [0.15, 0.2) is 0 Å². The van der Waals surface area contributed by atoms with Crippen LogP contribution in [0.5, 0.6) is 0 Å². The van der Waals surface area contributed by atoms with E-state index >= 15 is 0 Å². The SMILES string of the molecule is N#Cc1cccc(-c2nnc(C(=O)NC[C@@H]3CCNC3)o2)c1.O=C(O)C(F)(F)F. The Balaban J connectivity index is 0.000000370. The molecule has 1 aromatic heterocycles. The fourth-order valence-corrected chi connectivity index (χ4v) is 2.35. The number of hydrogen-bond donors (Lipinski definition) is 3. The van der Waals surface area contributed by atoms with Crippen LogP contribution >= 0.6 is 0 Å². The van der Waals surface area contributed by atoms with E-state index in [1.807, 2.05) is 6.07 Å². The van der Waals surface area contributed by atoms with Crippen LogP contribution in [0.2, 0.25) is 0 Å². The molecule has 0 aliphatic carbocycles. The second-order valence-electron chi connectivity index (χ2n) is 5.98. The van der Waals surface area contributed by atoms with Crippen molar-refractivity contribution in [2.24, 2.45) is 5.92 Å². The molecule has 1 saturated heterocycles. The average molecular weight is 411 g/mol. The molecule has 0 radical (unpaired) electrons. The molecule has 9 nitrogen and oxygen atoms in total. The highest BCUT2D eigenvalue weighted by molar-refractivity contribution is 5.89. The van der Waals surface area contributed by atoms with Gasteiger partial charge in [-0.15, -0.1) is 10.2 Å². The van der Waals surface area contributed by atoms with Gasteiger partial charge in [-0.2, -0.15) is 18.4 Å². The lowest BCUT2D eigenvalue weighted by molar-refractivity contribution is -0.192. The maximum absolute atomic E-state index is 12.0. The third-order valence-electron chi connectivity index (χ3n) is 3.81. The van der Waals surface area contributed by atoms with Gasteiger partial charge in [0.05, 0.1) is 11.6 Å². The van der Waals surface area contributed by atoms with Crippen LogP contribution in [0.1, 0.15) is 22.7 Å². The third kappa shape index (κ3) is 6.58. The monoisotopic (exact) mass is 411 g/mol. The fourth-order valence-electron chi connectivity index (χ4n) is 2.35. The Labute approximate surface area is 162 Å². The van der Waals surface area contributed by atoms with E-state index in [1.54, 1.807) is 24.3 Å². The molecule has 154 valence electrons. The molecule has 2 heterocycles. The normalized spacial score (nSPS) is 15.7. The van der Waals surface area contributed by atoms with E-state index in [0.717, 1.165) is 19.5 Å². The molecule has 1 fully saturated rings. The minimum atomic E-state index is -5.08. The first-order valence-electron chi connectivity index (χ1n) is 8.33. The Morgan fingerprint density at radius 1 is 1.38 bits per heavy atom. The van der Waals surface area contributed by atoms with E-state index in [-0.39, 0.29) is 17.7 Å². The molecule has 0 unspecified atom stereocenters. The number of nitrogens with one attached hydrogen (secondary N) is 2. The summed E-state index contributed by atoms with van der Waals surface area (Å²) in [6.45, 7) is 2.49. The summed E-state index contributed by atoms with van der Waals surface area (Å²) in [4.78, 5) is 20.9. The number of aromatic nitrogens is 2. The fraction of sp³-hybridized carbons (Fsp3) is 0.353. The zero-order chi connectivity index (χ0) is 21.4. The zero-order valence-electron chi connectivity index (χ0n) is 14.9. The number of benzene rings is 1. The van der Waals surface area contributed by atoms with Crippen molar-refractivity contribution in [3.8, 4) is 17.5 Å². The molecule has 3 rings (SSSR count). The molecule has 0 bridgehead atoms. The van der Waals surface area contributed by atoms with Crippen molar-refractivity contribution in [2.75, 3.05) is 19.6 Å². The Hall–Kier alpha value is -3.46. The summed E-state index contributed by atoms with van der Waals surface area (Å²) in [5, 5.41) is 29.7. The molecule has 3 N–H and O–H groups in total. The Morgan fingerprint density at radius 3 is 2.69 bits per heavy atom. The highest BCUT2D eigenvalue weighted by Gasteiger charge is 2.38. The number of halogens is 3. The number of carboxylic acids is 1. The number of carbonyl (C=O) groups is 2. The second kappa shape index (κ2) is 9.65. The van der Waals surface area contributed by atoms with Gasteiger partial charge in [0.2, 0.25) is 5.89 Å². The largest absolute Gasteiger partial charge is 0.490 e. The summed E-state index contributed by atoms with van der Waals surface area (Å²) in [5.74, 6) is -2.53. The van der Waals surface area contributed by atoms with E-state index in [4.69, 9.17) is 19.6 Å². The molecular formula is C17H16F3N5O4. The van der Waals surface area contributed by atoms with Crippen LogP contribution in [-0.4, -0.2) is 53.0 Å². The van der Waals surface area contributed by atoms with Gasteiger partial charge >= 0.3 is 23.9 Å². The Kier molecular flexibility index (Phi) is 7.27. The molecule has 0 saturated carbocycles. The second-order valence-corrected chi connectivity index (χ2v) is 5.98. The van der Waals surface area contributed by atoms with Gasteiger partial charge in [-0.05, 0) is 43.6 Å². The van der Waals surface area contributed by atoms with Crippen molar-refractivity contribution in [3.63, 3.8) is 0 Å². The predicted octanol–water partition coefficient (Wildman–Crippen LogP) is 1.58. The zero-order valence-corrected chi connectivity index (χ0v) is 14.9. The molecule has 12 heteroatoms. The van der Waals surface area contributed by atoms with Crippen LogP contribution in [0.4, 0.5) is 13.2 Å². The van der Waals surface area contributed by atoms with Crippen molar-refractivity contribution in [1.82, 2.24) is 20.8 Å². The van der Waals surface area contributed by atoms with Crippen molar-refractivity contribution in [3.05, 3.63) is 35.7 Å². The molecule has 2 aromatic rings.